The first-order valence-electron chi connectivity index (χ1n) is 6.94. The van der Waals surface area contributed by atoms with Crippen molar-refractivity contribution in [2.24, 2.45) is 0 Å². The number of nitrogens with one attached hydrogen (secondary N) is 1. The van der Waals surface area contributed by atoms with E-state index in [0.29, 0.717) is 18.0 Å². The highest BCUT2D eigenvalue weighted by Gasteiger charge is 2.15. The monoisotopic (exact) mass is 300 g/mol. The fourth-order valence-corrected chi connectivity index (χ4v) is 3.23. The maximum atomic E-state index is 12.2. The normalized spacial score (nSPS) is 11.6. The van der Waals surface area contributed by atoms with Crippen LogP contribution in [0.3, 0.4) is 0 Å². The third-order valence-corrected chi connectivity index (χ3v) is 4.86. The third kappa shape index (κ3) is 4.77. The summed E-state index contributed by atoms with van der Waals surface area (Å²) in [5.41, 5.74) is 0.930. The molecule has 0 fully saturated rings. The first kappa shape index (κ1) is 16.9. The van der Waals surface area contributed by atoms with E-state index in [1.807, 2.05) is 19.9 Å². The van der Waals surface area contributed by atoms with E-state index in [9.17, 15) is 8.42 Å². The number of aliphatic hydroxyl groups is 1. The number of hydrogen-bond acceptors (Lipinski definition) is 5. The molecular formula is C14H24N2O3S. The van der Waals surface area contributed by atoms with Crippen molar-refractivity contribution < 1.29 is 13.5 Å². The highest BCUT2D eigenvalue weighted by molar-refractivity contribution is 7.91. The lowest BCUT2D eigenvalue weighted by molar-refractivity contribution is 0.293. The van der Waals surface area contributed by atoms with Gasteiger partial charge in [0.15, 0.2) is 9.84 Å². The molecule has 0 aliphatic heterocycles. The van der Waals surface area contributed by atoms with E-state index in [-0.39, 0.29) is 12.4 Å². The minimum absolute atomic E-state index is 0.0114. The number of anilines is 1. The zero-order valence-electron chi connectivity index (χ0n) is 12.2. The Labute approximate surface area is 121 Å². The first-order valence-corrected chi connectivity index (χ1v) is 8.59. The Hall–Kier alpha value is -1.11. The molecule has 1 aromatic carbocycles. The predicted octanol–water partition coefficient (Wildman–Crippen LogP) is 0.888. The summed E-state index contributed by atoms with van der Waals surface area (Å²) in [6.07, 6.45) is 0. The minimum Gasteiger partial charge on any atom is -0.395 e. The number of benzene rings is 1. The first-order chi connectivity index (χ1) is 9.55. The van der Waals surface area contributed by atoms with E-state index in [1.165, 1.54) is 0 Å². The summed E-state index contributed by atoms with van der Waals surface area (Å²) in [6, 6.07) is 7.07. The van der Waals surface area contributed by atoms with Crippen LogP contribution in [0.25, 0.3) is 0 Å². The molecule has 0 aromatic heterocycles. The molecule has 0 aliphatic carbocycles. The number of nitrogens with zero attached hydrogens (tertiary/aromatic N) is 1. The number of hydrogen-bond donors (Lipinski definition) is 2. The zero-order chi connectivity index (χ0) is 15.0. The fourth-order valence-electron chi connectivity index (χ4n) is 1.99. The molecule has 0 amide bonds. The molecule has 6 heteroatoms. The Balaban J connectivity index is 2.82. The van der Waals surface area contributed by atoms with Gasteiger partial charge in [-0.2, -0.15) is 0 Å². The summed E-state index contributed by atoms with van der Waals surface area (Å²) in [6.45, 7) is 6.55. The smallest absolute Gasteiger partial charge is 0.179 e. The van der Waals surface area contributed by atoms with Gasteiger partial charge in [-0.15, -0.1) is 0 Å². The van der Waals surface area contributed by atoms with Crippen molar-refractivity contribution in [1.82, 2.24) is 5.32 Å². The van der Waals surface area contributed by atoms with Gasteiger partial charge < -0.3 is 15.3 Å². The fraction of sp³-hybridized carbons (Fsp3) is 0.571. The van der Waals surface area contributed by atoms with Crippen LogP contribution in [0.4, 0.5) is 5.69 Å². The lowest BCUT2D eigenvalue weighted by atomic mass is 10.3. The second-order valence-corrected chi connectivity index (χ2v) is 6.57. The van der Waals surface area contributed by atoms with Gasteiger partial charge in [-0.1, -0.05) is 6.07 Å². The molecule has 2 N–H and O–H groups in total. The van der Waals surface area contributed by atoms with Gasteiger partial charge >= 0.3 is 0 Å². The van der Waals surface area contributed by atoms with Crippen LogP contribution in [0.15, 0.2) is 29.2 Å². The summed E-state index contributed by atoms with van der Waals surface area (Å²) in [5, 5.41) is 11.5. The maximum absolute atomic E-state index is 12.2. The van der Waals surface area contributed by atoms with E-state index in [0.717, 1.165) is 18.8 Å². The summed E-state index contributed by atoms with van der Waals surface area (Å²) in [7, 11) is -3.28. The molecule has 0 radical (unpaired) electrons. The van der Waals surface area contributed by atoms with E-state index in [2.05, 4.69) is 10.2 Å². The molecule has 5 nitrogen and oxygen atoms in total. The van der Waals surface area contributed by atoms with Crippen molar-refractivity contribution in [1.29, 1.82) is 0 Å². The standard InChI is InChI=1S/C14H24N2O3S/c1-3-16(4-2)13-6-5-7-14(12-13)20(18,19)11-9-15-8-10-17/h5-7,12,15,17H,3-4,8-11H2,1-2H3. The van der Waals surface area contributed by atoms with E-state index in [4.69, 9.17) is 5.11 Å². The van der Waals surface area contributed by atoms with Crippen molar-refractivity contribution in [2.75, 3.05) is 43.4 Å². The lowest BCUT2D eigenvalue weighted by Gasteiger charge is -2.21. The van der Waals surface area contributed by atoms with Gasteiger partial charge in [0.05, 0.1) is 17.3 Å². The van der Waals surface area contributed by atoms with Crippen molar-refractivity contribution in [3.8, 4) is 0 Å². The molecule has 0 heterocycles. The molecule has 0 bridgehead atoms. The molecule has 0 saturated heterocycles. The van der Waals surface area contributed by atoms with Crippen molar-refractivity contribution >= 4 is 15.5 Å². The SMILES string of the molecule is CCN(CC)c1cccc(S(=O)(=O)CCNCCO)c1. The third-order valence-electron chi connectivity index (χ3n) is 3.14. The van der Waals surface area contributed by atoms with Crippen LogP contribution in [-0.2, 0) is 9.84 Å². The summed E-state index contributed by atoms with van der Waals surface area (Å²) < 4.78 is 24.5. The Kier molecular flexibility index (Phi) is 6.98. The van der Waals surface area contributed by atoms with Crippen LogP contribution in [-0.4, -0.2) is 52.1 Å². The number of sulfone groups is 1. The Morgan fingerprint density at radius 3 is 2.50 bits per heavy atom. The van der Waals surface area contributed by atoms with Crippen LogP contribution in [0.1, 0.15) is 13.8 Å². The molecule has 0 aliphatic rings. The molecule has 114 valence electrons. The van der Waals surface area contributed by atoms with Gasteiger partial charge in [0, 0.05) is 31.9 Å². The number of rotatable bonds is 9. The Morgan fingerprint density at radius 2 is 1.90 bits per heavy atom. The van der Waals surface area contributed by atoms with Crippen LogP contribution in [0.5, 0.6) is 0 Å². The molecular weight excluding hydrogens is 276 g/mol. The van der Waals surface area contributed by atoms with Gasteiger partial charge in [-0.05, 0) is 32.0 Å². The van der Waals surface area contributed by atoms with Gasteiger partial charge in [0.25, 0.3) is 0 Å². The van der Waals surface area contributed by atoms with Crippen molar-refractivity contribution in [2.45, 2.75) is 18.7 Å². The highest BCUT2D eigenvalue weighted by Crippen LogP contribution is 2.20. The summed E-state index contributed by atoms with van der Waals surface area (Å²) >= 11 is 0. The van der Waals surface area contributed by atoms with Crippen LogP contribution in [0, 0.1) is 0 Å². The predicted molar refractivity (Wildman–Crippen MR) is 82.0 cm³/mol. The lowest BCUT2D eigenvalue weighted by Crippen LogP contribution is -2.26. The van der Waals surface area contributed by atoms with E-state index < -0.39 is 9.84 Å². The van der Waals surface area contributed by atoms with Crippen LogP contribution in [0.2, 0.25) is 0 Å². The topological polar surface area (TPSA) is 69.6 Å². The van der Waals surface area contributed by atoms with Crippen LogP contribution < -0.4 is 10.2 Å². The average molecular weight is 300 g/mol. The summed E-state index contributed by atoms with van der Waals surface area (Å²) in [5.74, 6) is 0.0364. The quantitative estimate of drug-likeness (QED) is 0.663. The van der Waals surface area contributed by atoms with Gasteiger partial charge in [0.1, 0.15) is 0 Å². The molecule has 1 rings (SSSR count). The molecule has 0 saturated carbocycles. The van der Waals surface area contributed by atoms with Crippen molar-refractivity contribution in [3.05, 3.63) is 24.3 Å². The maximum Gasteiger partial charge on any atom is 0.179 e. The highest BCUT2D eigenvalue weighted by atomic mass is 32.2. The Morgan fingerprint density at radius 1 is 1.20 bits per heavy atom. The van der Waals surface area contributed by atoms with Crippen LogP contribution >= 0.6 is 0 Å². The van der Waals surface area contributed by atoms with Gasteiger partial charge in [0.2, 0.25) is 0 Å². The average Bonchev–Trinajstić information content (AvgIpc) is 2.45. The molecule has 0 atom stereocenters. The molecule has 1 aromatic rings. The zero-order valence-corrected chi connectivity index (χ0v) is 13.0. The number of aliphatic hydroxyl groups excluding tert-OH is 1. The van der Waals surface area contributed by atoms with Gasteiger partial charge in [-0.25, -0.2) is 8.42 Å². The van der Waals surface area contributed by atoms with E-state index >= 15 is 0 Å². The van der Waals surface area contributed by atoms with Crippen molar-refractivity contribution in [3.63, 3.8) is 0 Å². The minimum atomic E-state index is -3.28. The summed E-state index contributed by atoms with van der Waals surface area (Å²) in [4.78, 5) is 2.47. The molecule has 0 spiro atoms. The van der Waals surface area contributed by atoms with Gasteiger partial charge in [-0.3, -0.25) is 0 Å². The molecule has 0 unspecified atom stereocenters. The second-order valence-electron chi connectivity index (χ2n) is 4.46. The van der Waals surface area contributed by atoms with E-state index in [1.54, 1.807) is 18.2 Å². The molecule has 20 heavy (non-hydrogen) atoms. The largest absolute Gasteiger partial charge is 0.395 e. The second kappa shape index (κ2) is 8.24. The Bertz CT molecular complexity index is 499.